The molecule has 4 nitrogen and oxygen atoms in total. The van der Waals surface area contributed by atoms with Gasteiger partial charge in [0.25, 0.3) is 0 Å². The SMILES string of the molecule is CC(C)(C)OC(=O)NCC#Cc1ccc(C(=O)CCl)cc1. The quantitative estimate of drug-likeness (QED) is 0.530. The molecule has 21 heavy (non-hydrogen) atoms. The van der Waals surface area contributed by atoms with E-state index in [1.165, 1.54) is 0 Å². The molecule has 0 fully saturated rings. The van der Waals surface area contributed by atoms with Crippen molar-refractivity contribution >= 4 is 23.5 Å². The first-order chi connectivity index (χ1) is 9.81. The van der Waals surface area contributed by atoms with Crippen LogP contribution < -0.4 is 5.32 Å². The molecular formula is C16H18ClNO3. The summed E-state index contributed by atoms with van der Waals surface area (Å²) in [7, 11) is 0. The number of nitrogens with one attached hydrogen (secondary N) is 1. The molecule has 1 rings (SSSR count). The molecule has 0 radical (unpaired) electrons. The molecule has 0 saturated carbocycles. The second-order valence-corrected chi connectivity index (χ2v) is 5.56. The molecule has 0 unspecified atom stereocenters. The van der Waals surface area contributed by atoms with Gasteiger partial charge in [0.05, 0.1) is 12.4 Å². The van der Waals surface area contributed by atoms with Gasteiger partial charge in [-0.25, -0.2) is 4.79 Å². The first-order valence-electron chi connectivity index (χ1n) is 6.47. The Morgan fingerprint density at radius 3 is 2.38 bits per heavy atom. The van der Waals surface area contributed by atoms with Crippen molar-refractivity contribution in [1.29, 1.82) is 0 Å². The zero-order valence-corrected chi connectivity index (χ0v) is 13.1. The average Bonchev–Trinajstić information content (AvgIpc) is 2.41. The third kappa shape index (κ3) is 6.82. The van der Waals surface area contributed by atoms with E-state index in [-0.39, 0.29) is 18.2 Å². The van der Waals surface area contributed by atoms with E-state index in [4.69, 9.17) is 16.3 Å². The summed E-state index contributed by atoms with van der Waals surface area (Å²) in [4.78, 5) is 22.7. The normalized spacial score (nSPS) is 10.3. The highest BCUT2D eigenvalue weighted by molar-refractivity contribution is 6.30. The van der Waals surface area contributed by atoms with Crippen LogP contribution in [0, 0.1) is 11.8 Å². The molecule has 0 atom stereocenters. The summed E-state index contributed by atoms with van der Waals surface area (Å²) < 4.78 is 5.08. The predicted molar refractivity (Wildman–Crippen MR) is 82.6 cm³/mol. The summed E-state index contributed by atoms with van der Waals surface area (Å²) in [5, 5.41) is 2.54. The van der Waals surface area contributed by atoms with Crippen LogP contribution in [0.25, 0.3) is 0 Å². The van der Waals surface area contributed by atoms with Gasteiger partial charge in [-0.2, -0.15) is 0 Å². The molecule has 0 saturated heterocycles. The van der Waals surface area contributed by atoms with Gasteiger partial charge in [0.1, 0.15) is 5.60 Å². The Balaban J connectivity index is 2.48. The highest BCUT2D eigenvalue weighted by atomic mass is 35.5. The standard InChI is InChI=1S/C16H18ClNO3/c1-16(2,3)21-15(20)18-10-4-5-12-6-8-13(9-7-12)14(19)11-17/h6-9H,10-11H2,1-3H3,(H,18,20). The first-order valence-corrected chi connectivity index (χ1v) is 7.00. The van der Waals surface area contributed by atoms with Gasteiger partial charge in [0.15, 0.2) is 5.78 Å². The largest absolute Gasteiger partial charge is 0.444 e. The minimum absolute atomic E-state index is 0.0369. The Morgan fingerprint density at radius 2 is 1.86 bits per heavy atom. The first kappa shape index (κ1) is 17.1. The van der Waals surface area contributed by atoms with Crippen LogP contribution in [0.3, 0.4) is 0 Å². The fourth-order valence-corrected chi connectivity index (χ4v) is 1.55. The fraction of sp³-hybridized carbons (Fsp3) is 0.375. The lowest BCUT2D eigenvalue weighted by Crippen LogP contribution is -2.32. The van der Waals surface area contributed by atoms with Gasteiger partial charge >= 0.3 is 6.09 Å². The van der Waals surface area contributed by atoms with E-state index < -0.39 is 11.7 Å². The van der Waals surface area contributed by atoms with E-state index >= 15 is 0 Å². The number of ether oxygens (including phenoxy) is 1. The Bertz CT molecular complexity index is 562. The number of benzene rings is 1. The minimum Gasteiger partial charge on any atom is -0.444 e. The van der Waals surface area contributed by atoms with Crippen LogP contribution in [0.15, 0.2) is 24.3 Å². The zero-order valence-electron chi connectivity index (χ0n) is 12.3. The van der Waals surface area contributed by atoms with Gasteiger partial charge in [0.2, 0.25) is 0 Å². The lowest BCUT2D eigenvalue weighted by Gasteiger charge is -2.18. The smallest absolute Gasteiger partial charge is 0.408 e. The van der Waals surface area contributed by atoms with Crippen molar-refractivity contribution in [1.82, 2.24) is 5.32 Å². The maximum Gasteiger partial charge on any atom is 0.408 e. The summed E-state index contributed by atoms with van der Waals surface area (Å²) in [5.41, 5.74) is 0.789. The number of carbonyl (C=O) groups is 2. The van der Waals surface area contributed by atoms with Crippen LogP contribution in [0.2, 0.25) is 0 Å². The van der Waals surface area contributed by atoms with Gasteiger partial charge in [-0.1, -0.05) is 24.0 Å². The molecule has 1 N–H and O–H groups in total. The van der Waals surface area contributed by atoms with Gasteiger partial charge < -0.3 is 10.1 Å². The molecular weight excluding hydrogens is 290 g/mol. The predicted octanol–water partition coefficient (Wildman–Crippen LogP) is 2.98. The molecule has 0 bridgehead atoms. The number of rotatable bonds is 3. The number of ketones is 1. The molecule has 0 aliphatic rings. The van der Waals surface area contributed by atoms with Gasteiger partial charge in [0, 0.05) is 11.1 Å². The third-order valence-corrected chi connectivity index (χ3v) is 2.52. The van der Waals surface area contributed by atoms with E-state index in [9.17, 15) is 9.59 Å². The molecule has 5 heteroatoms. The molecule has 0 aromatic heterocycles. The van der Waals surface area contributed by atoms with Crippen molar-refractivity contribution in [2.24, 2.45) is 0 Å². The van der Waals surface area contributed by atoms with E-state index in [1.807, 2.05) is 0 Å². The van der Waals surface area contributed by atoms with Crippen molar-refractivity contribution in [2.75, 3.05) is 12.4 Å². The Hall–Kier alpha value is -1.99. The van der Waals surface area contributed by atoms with Crippen molar-refractivity contribution in [3.8, 4) is 11.8 Å². The highest BCUT2D eigenvalue weighted by Gasteiger charge is 2.14. The average molecular weight is 308 g/mol. The Labute approximate surface area is 129 Å². The number of hydrogen-bond acceptors (Lipinski definition) is 3. The van der Waals surface area contributed by atoms with Crippen molar-refractivity contribution in [3.05, 3.63) is 35.4 Å². The second kappa shape index (κ2) is 7.70. The number of amides is 1. The van der Waals surface area contributed by atoms with Crippen LogP contribution in [0.5, 0.6) is 0 Å². The van der Waals surface area contributed by atoms with Crippen molar-refractivity contribution < 1.29 is 14.3 Å². The van der Waals surface area contributed by atoms with E-state index in [0.717, 1.165) is 5.56 Å². The van der Waals surface area contributed by atoms with E-state index in [1.54, 1.807) is 45.0 Å². The highest BCUT2D eigenvalue weighted by Crippen LogP contribution is 2.06. The number of carbonyl (C=O) groups excluding carboxylic acids is 2. The third-order valence-electron chi connectivity index (χ3n) is 2.28. The zero-order chi connectivity index (χ0) is 15.9. The summed E-state index contributed by atoms with van der Waals surface area (Å²) in [6.07, 6.45) is -0.500. The van der Waals surface area contributed by atoms with Crippen LogP contribution in [0.1, 0.15) is 36.7 Å². The molecule has 1 aromatic rings. The summed E-state index contributed by atoms with van der Waals surface area (Å²) in [6.45, 7) is 5.57. The van der Waals surface area contributed by atoms with Gasteiger partial charge in [-0.3, -0.25) is 4.79 Å². The monoisotopic (exact) mass is 307 g/mol. The second-order valence-electron chi connectivity index (χ2n) is 5.29. The number of Topliss-reactive ketones (excluding diaryl/α,β-unsaturated/α-hetero) is 1. The fourth-order valence-electron chi connectivity index (χ4n) is 1.39. The van der Waals surface area contributed by atoms with Crippen molar-refractivity contribution in [3.63, 3.8) is 0 Å². The molecule has 0 spiro atoms. The van der Waals surface area contributed by atoms with E-state index in [2.05, 4.69) is 17.2 Å². The van der Waals surface area contributed by atoms with Crippen LogP contribution in [0.4, 0.5) is 4.79 Å². The van der Waals surface area contributed by atoms with E-state index in [0.29, 0.717) is 5.56 Å². The molecule has 1 amide bonds. The Morgan fingerprint density at radius 1 is 1.24 bits per heavy atom. The maximum atomic E-state index is 11.4. The number of alkyl carbamates (subject to hydrolysis) is 1. The topological polar surface area (TPSA) is 55.4 Å². The number of halogens is 1. The van der Waals surface area contributed by atoms with Gasteiger partial charge in [-0.05, 0) is 32.9 Å². The number of alkyl halides is 1. The molecule has 112 valence electrons. The molecule has 0 aliphatic heterocycles. The minimum atomic E-state index is -0.525. The van der Waals surface area contributed by atoms with Crippen LogP contribution in [-0.4, -0.2) is 29.9 Å². The summed E-state index contributed by atoms with van der Waals surface area (Å²) in [5.74, 6) is 5.53. The van der Waals surface area contributed by atoms with Crippen LogP contribution in [-0.2, 0) is 4.74 Å². The lowest BCUT2D eigenvalue weighted by molar-refractivity contribution is 0.0535. The number of hydrogen-bond donors (Lipinski definition) is 1. The summed E-state index contributed by atoms with van der Waals surface area (Å²) >= 11 is 5.47. The lowest BCUT2D eigenvalue weighted by atomic mass is 10.1. The molecule has 0 heterocycles. The van der Waals surface area contributed by atoms with Crippen molar-refractivity contribution in [2.45, 2.75) is 26.4 Å². The summed E-state index contributed by atoms with van der Waals surface area (Å²) in [6, 6.07) is 6.83. The molecule has 1 aromatic carbocycles. The Kier molecular flexibility index (Phi) is 6.26. The van der Waals surface area contributed by atoms with Crippen LogP contribution >= 0.6 is 11.6 Å². The van der Waals surface area contributed by atoms with Gasteiger partial charge in [-0.15, -0.1) is 11.6 Å². The molecule has 0 aliphatic carbocycles. The maximum absolute atomic E-state index is 11.4.